The summed E-state index contributed by atoms with van der Waals surface area (Å²) in [4.78, 5) is 12.4. The predicted molar refractivity (Wildman–Crippen MR) is 142 cm³/mol. The first-order valence-corrected chi connectivity index (χ1v) is 15.8. The Balaban J connectivity index is 1.17. The summed E-state index contributed by atoms with van der Waals surface area (Å²) in [6.07, 6.45) is 0.499. The number of aromatic hydroxyl groups is 1. The average molecular weight is 534 g/mol. The average Bonchev–Trinajstić information content (AvgIpc) is 3.33. The molecule has 0 aromatic heterocycles. The van der Waals surface area contributed by atoms with Crippen LogP contribution in [-0.2, 0) is 4.79 Å². The number of amides is 1. The largest absolute Gasteiger partial charge is 0.508 e. The third-order valence-electron chi connectivity index (χ3n) is 4.03. The SMILES string of the molecule is O=C(CC1CSC2=C(SC(=C3SC4=C(SCCS4)S3)S2)S1)Nc1ccc(O)cc1. The zero-order chi connectivity index (χ0) is 19.8. The third-order valence-corrected chi connectivity index (χ3v) is 16.4. The maximum absolute atomic E-state index is 12.4. The Morgan fingerprint density at radius 2 is 1.45 bits per heavy atom. The number of phenols is 1. The van der Waals surface area contributed by atoms with Crippen molar-refractivity contribution in [3.63, 3.8) is 0 Å². The van der Waals surface area contributed by atoms with Crippen molar-refractivity contribution in [2.45, 2.75) is 11.7 Å². The number of anilines is 1. The van der Waals surface area contributed by atoms with Gasteiger partial charge in [0.05, 0.1) is 25.4 Å². The summed E-state index contributed by atoms with van der Waals surface area (Å²) in [7, 11) is 0. The molecule has 0 saturated carbocycles. The van der Waals surface area contributed by atoms with Crippen LogP contribution in [0.15, 0.2) is 49.7 Å². The molecule has 0 fully saturated rings. The lowest BCUT2D eigenvalue weighted by atomic mass is 10.2. The van der Waals surface area contributed by atoms with E-state index >= 15 is 0 Å². The molecule has 4 aliphatic heterocycles. The Kier molecular flexibility index (Phi) is 7.04. The van der Waals surface area contributed by atoms with Crippen LogP contribution in [0.25, 0.3) is 0 Å². The summed E-state index contributed by atoms with van der Waals surface area (Å²) in [5.41, 5.74) is 0.724. The second-order valence-electron chi connectivity index (χ2n) is 6.18. The molecule has 11 heteroatoms. The van der Waals surface area contributed by atoms with Gasteiger partial charge in [-0.05, 0) is 24.3 Å². The van der Waals surface area contributed by atoms with Gasteiger partial charge in [-0.15, -0.1) is 47.0 Å². The van der Waals surface area contributed by atoms with Gasteiger partial charge in [0.2, 0.25) is 5.91 Å². The van der Waals surface area contributed by atoms with Gasteiger partial charge in [-0.2, -0.15) is 0 Å². The molecule has 0 saturated heterocycles. The highest BCUT2D eigenvalue weighted by Gasteiger charge is 2.35. The van der Waals surface area contributed by atoms with Crippen molar-refractivity contribution in [1.82, 2.24) is 0 Å². The van der Waals surface area contributed by atoms with E-state index in [-0.39, 0.29) is 16.9 Å². The first kappa shape index (κ1) is 21.4. The number of nitrogens with one attached hydrogen (secondary N) is 1. The third kappa shape index (κ3) is 5.13. The molecule has 5 rings (SSSR count). The molecule has 4 heterocycles. The molecule has 1 aromatic carbocycles. The van der Waals surface area contributed by atoms with Crippen LogP contribution in [0.2, 0.25) is 0 Å². The normalized spacial score (nSPS) is 24.1. The van der Waals surface area contributed by atoms with E-state index in [2.05, 4.69) is 5.32 Å². The van der Waals surface area contributed by atoms with E-state index in [0.29, 0.717) is 6.42 Å². The fourth-order valence-corrected chi connectivity index (χ4v) is 15.4. The Morgan fingerprint density at radius 3 is 2.10 bits per heavy atom. The smallest absolute Gasteiger partial charge is 0.225 e. The number of benzene rings is 1. The van der Waals surface area contributed by atoms with E-state index in [0.717, 1.165) is 11.4 Å². The number of carbonyl (C=O) groups excluding carboxylic acids is 1. The number of carbonyl (C=O) groups is 1. The van der Waals surface area contributed by atoms with E-state index in [9.17, 15) is 9.90 Å². The van der Waals surface area contributed by atoms with Crippen molar-refractivity contribution < 1.29 is 9.90 Å². The molecule has 152 valence electrons. The fraction of sp³-hybridized carbons (Fsp3) is 0.278. The van der Waals surface area contributed by atoms with Crippen LogP contribution < -0.4 is 5.32 Å². The summed E-state index contributed by atoms with van der Waals surface area (Å²) < 4.78 is 8.60. The first-order valence-electron chi connectivity index (χ1n) is 8.72. The van der Waals surface area contributed by atoms with Gasteiger partial charge in [0.1, 0.15) is 5.75 Å². The quantitative estimate of drug-likeness (QED) is 0.385. The molecule has 1 unspecified atom stereocenters. The van der Waals surface area contributed by atoms with E-state index < -0.39 is 0 Å². The Labute approximate surface area is 203 Å². The van der Waals surface area contributed by atoms with Crippen LogP contribution in [0.4, 0.5) is 5.69 Å². The molecule has 4 aliphatic rings. The Bertz CT molecular complexity index is 920. The topological polar surface area (TPSA) is 49.3 Å². The van der Waals surface area contributed by atoms with Gasteiger partial charge in [-0.25, -0.2) is 0 Å². The molecule has 0 bridgehead atoms. The molecule has 1 atom stereocenters. The molecule has 2 N–H and O–H groups in total. The predicted octanol–water partition coefficient (Wildman–Crippen LogP) is 7.39. The number of thioether (sulfide) groups is 8. The molecule has 29 heavy (non-hydrogen) atoms. The van der Waals surface area contributed by atoms with E-state index in [1.165, 1.54) is 36.9 Å². The molecular formula is C18H15NO2S8. The van der Waals surface area contributed by atoms with Crippen molar-refractivity contribution in [1.29, 1.82) is 0 Å². The number of phenolic OH excluding ortho intramolecular Hbond substituents is 1. The van der Waals surface area contributed by atoms with E-state index in [1.54, 1.807) is 24.3 Å². The molecule has 1 aromatic rings. The van der Waals surface area contributed by atoms with Crippen LogP contribution in [0.3, 0.4) is 0 Å². The van der Waals surface area contributed by atoms with Gasteiger partial charge in [-0.3, -0.25) is 4.79 Å². The van der Waals surface area contributed by atoms with Crippen LogP contribution in [0.5, 0.6) is 5.75 Å². The highest BCUT2D eigenvalue weighted by Crippen LogP contribution is 2.68. The van der Waals surface area contributed by atoms with Crippen molar-refractivity contribution >= 4 is 106 Å². The maximum atomic E-state index is 12.4. The highest BCUT2D eigenvalue weighted by molar-refractivity contribution is 8.45. The minimum Gasteiger partial charge on any atom is -0.508 e. The van der Waals surface area contributed by atoms with Crippen LogP contribution in [0, 0.1) is 0 Å². The lowest BCUT2D eigenvalue weighted by Gasteiger charge is -2.21. The van der Waals surface area contributed by atoms with Gasteiger partial charge >= 0.3 is 0 Å². The number of rotatable bonds is 3. The molecule has 3 nitrogen and oxygen atoms in total. The zero-order valence-electron chi connectivity index (χ0n) is 14.8. The van der Waals surface area contributed by atoms with Crippen molar-refractivity contribution in [2.75, 3.05) is 22.6 Å². The lowest BCUT2D eigenvalue weighted by molar-refractivity contribution is -0.116. The van der Waals surface area contributed by atoms with Gasteiger partial charge < -0.3 is 10.4 Å². The summed E-state index contributed by atoms with van der Waals surface area (Å²) in [5, 5.41) is 12.6. The maximum Gasteiger partial charge on any atom is 0.225 e. The van der Waals surface area contributed by atoms with Crippen molar-refractivity contribution in [2.24, 2.45) is 0 Å². The molecule has 0 aliphatic carbocycles. The summed E-state index contributed by atoms with van der Waals surface area (Å²) in [5.74, 6) is 3.63. The van der Waals surface area contributed by atoms with Gasteiger partial charge in [0.15, 0.2) is 0 Å². The molecule has 0 radical (unpaired) electrons. The summed E-state index contributed by atoms with van der Waals surface area (Å²) in [6.45, 7) is 0. The zero-order valence-corrected chi connectivity index (χ0v) is 21.4. The second-order valence-corrected chi connectivity index (χ2v) is 16.4. The van der Waals surface area contributed by atoms with Gasteiger partial charge in [-0.1, -0.05) is 47.0 Å². The van der Waals surface area contributed by atoms with Gasteiger partial charge in [0.25, 0.3) is 0 Å². The first-order chi connectivity index (χ1) is 14.1. The summed E-state index contributed by atoms with van der Waals surface area (Å²) >= 11 is 15.4. The number of hydrogen-bond acceptors (Lipinski definition) is 10. The monoisotopic (exact) mass is 533 g/mol. The highest BCUT2D eigenvalue weighted by atomic mass is 32.3. The van der Waals surface area contributed by atoms with Crippen LogP contribution in [0.1, 0.15) is 6.42 Å². The van der Waals surface area contributed by atoms with Gasteiger partial charge in [0, 0.05) is 34.6 Å². The lowest BCUT2D eigenvalue weighted by Crippen LogP contribution is -2.20. The van der Waals surface area contributed by atoms with Crippen molar-refractivity contribution in [3.05, 3.63) is 49.7 Å². The second kappa shape index (κ2) is 9.56. The Hall–Kier alpha value is 0.510. The standard InChI is InChI=1S/C18H15NO2S8/c20-10-3-1-9(2-4-10)19-12(21)7-11-8-24-15-16(25-11)29-18(28-15)17-26-13-14(27-17)23-6-5-22-13/h1-4,11,20H,5-8H2,(H,19,21). The molecular weight excluding hydrogens is 519 g/mol. The van der Waals surface area contributed by atoms with E-state index in [4.69, 9.17) is 0 Å². The minimum atomic E-state index is 0.0277. The molecule has 0 spiro atoms. The van der Waals surface area contributed by atoms with E-state index in [1.807, 2.05) is 94.1 Å². The Morgan fingerprint density at radius 1 is 0.862 bits per heavy atom. The van der Waals surface area contributed by atoms with Crippen LogP contribution >= 0.6 is 94.1 Å². The van der Waals surface area contributed by atoms with Crippen LogP contribution in [-0.4, -0.2) is 33.5 Å². The number of hydrogen-bond donors (Lipinski definition) is 2. The molecule has 1 amide bonds. The fourth-order valence-electron chi connectivity index (χ4n) is 2.74. The summed E-state index contributed by atoms with van der Waals surface area (Å²) in [6, 6.07) is 6.61. The van der Waals surface area contributed by atoms with Crippen molar-refractivity contribution in [3.8, 4) is 5.75 Å². The minimum absolute atomic E-state index is 0.0277.